The van der Waals surface area contributed by atoms with E-state index in [1.54, 1.807) is 0 Å². The van der Waals surface area contributed by atoms with E-state index >= 15 is 0 Å². The van der Waals surface area contributed by atoms with Gasteiger partial charge in [-0.2, -0.15) is 0 Å². The third-order valence-electron chi connectivity index (χ3n) is 14.9. The summed E-state index contributed by atoms with van der Waals surface area (Å²) in [5.41, 5.74) is 15.6. The summed E-state index contributed by atoms with van der Waals surface area (Å²) in [6.45, 7) is 0. The van der Waals surface area contributed by atoms with Crippen LogP contribution in [-0.4, -0.2) is 0 Å². The van der Waals surface area contributed by atoms with Gasteiger partial charge in [-0.05, 0) is 152 Å². The third kappa shape index (κ3) is 5.74. The van der Waals surface area contributed by atoms with E-state index in [4.69, 9.17) is 8.83 Å². The second-order valence-corrected chi connectivity index (χ2v) is 18.6. The zero-order valence-electron chi connectivity index (χ0n) is 37.9. The quantitative estimate of drug-likeness (QED) is 0.161. The fourth-order valence-corrected chi connectivity index (χ4v) is 11.8. The van der Waals surface area contributed by atoms with Gasteiger partial charge in [0.25, 0.3) is 0 Å². The summed E-state index contributed by atoms with van der Waals surface area (Å²) in [5, 5.41) is 16.7. The van der Waals surface area contributed by atoms with Crippen molar-refractivity contribution in [2.75, 3.05) is 0 Å². The minimum Gasteiger partial charge on any atom is -0.456 e. The summed E-state index contributed by atoms with van der Waals surface area (Å²) >= 11 is 0. The maximum absolute atomic E-state index is 6.74. The molecule has 2 nitrogen and oxygen atoms in total. The SMILES string of the molecule is c1ccc(-c2c3ccccc3c(-c3ccc4c(c3)oc3ccc(-c5ccc(-c6c7ccccc7c(-c7ccc8oc9ccccc9c8c7)c7ccccc67)c6ccccc56)cc34)c3ccccc23)cc1. The van der Waals surface area contributed by atoms with Gasteiger partial charge in [-0.15, -0.1) is 0 Å². The highest BCUT2D eigenvalue weighted by molar-refractivity contribution is 6.26. The molecule has 0 bridgehead atoms. The molecule has 0 unspecified atom stereocenters. The van der Waals surface area contributed by atoms with E-state index in [9.17, 15) is 0 Å². The van der Waals surface area contributed by atoms with Crippen LogP contribution in [0.3, 0.4) is 0 Å². The van der Waals surface area contributed by atoms with E-state index < -0.39 is 0 Å². The highest BCUT2D eigenvalue weighted by Crippen LogP contribution is 2.49. The Morgan fingerprint density at radius 3 is 1.10 bits per heavy atom. The lowest BCUT2D eigenvalue weighted by molar-refractivity contribution is 0.668. The Hall–Kier alpha value is -9.24. The molecule has 0 fully saturated rings. The summed E-state index contributed by atoms with van der Waals surface area (Å²) in [7, 11) is 0. The maximum atomic E-state index is 6.74. The fraction of sp³-hybridized carbons (Fsp3) is 0. The second kappa shape index (κ2) is 15.1. The highest BCUT2D eigenvalue weighted by Gasteiger charge is 2.22. The van der Waals surface area contributed by atoms with E-state index in [-0.39, 0.29) is 0 Å². The molecule has 2 heteroatoms. The van der Waals surface area contributed by atoms with Crippen LogP contribution in [0.1, 0.15) is 0 Å². The zero-order chi connectivity index (χ0) is 45.9. The molecule has 0 aliphatic rings. The second-order valence-electron chi connectivity index (χ2n) is 18.6. The van der Waals surface area contributed by atoms with Crippen molar-refractivity contribution in [2.24, 2.45) is 0 Å². The first-order chi connectivity index (χ1) is 34.7. The molecule has 0 N–H and O–H groups in total. The number of fused-ring (bicyclic) bond motifs is 11. The Morgan fingerprint density at radius 1 is 0.171 bits per heavy atom. The van der Waals surface area contributed by atoms with E-state index in [0.717, 1.165) is 55.0 Å². The topological polar surface area (TPSA) is 26.3 Å². The first-order valence-corrected chi connectivity index (χ1v) is 24.1. The Kier molecular flexibility index (Phi) is 8.39. The first kappa shape index (κ1) is 38.8. The van der Waals surface area contributed by atoms with Crippen molar-refractivity contribution in [3.05, 3.63) is 243 Å². The van der Waals surface area contributed by atoms with Crippen molar-refractivity contribution >= 4 is 97.7 Å². The van der Waals surface area contributed by atoms with Gasteiger partial charge >= 0.3 is 0 Å². The standard InChI is InChI=1S/C68H40O2/c1-2-16-41(17-3-1)65-50-21-6-8-23-52(50)67(53-24-9-7-22-51(53)65)44-30-33-49-59-38-42(31-36-63(59)70-64(49)40-44)45-34-35-58(47-19-5-4-18-46(45)47)68-56-27-12-10-25-54(56)66(55-26-11-13-28-57(55)68)43-32-37-62-60(39-43)48-20-14-15-29-61(48)69-62/h1-40H. The van der Waals surface area contributed by atoms with Crippen molar-refractivity contribution in [1.82, 2.24) is 0 Å². The summed E-state index contributed by atoms with van der Waals surface area (Å²) in [4.78, 5) is 0. The molecule has 70 heavy (non-hydrogen) atoms. The molecular formula is C68H40O2. The molecule has 0 saturated carbocycles. The molecule has 0 amide bonds. The Bertz CT molecular complexity index is 4530. The summed E-state index contributed by atoms with van der Waals surface area (Å²) in [6, 6.07) is 88.3. The number of rotatable bonds is 5. The van der Waals surface area contributed by atoms with Gasteiger partial charge in [0.15, 0.2) is 0 Å². The molecular weight excluding hydrogens is 849 g/mol. The summed E-state index contributed by atoms with van der Waals surface area (Å²) in [5.74, 6) is 0. The van der Waals surface area contributed by atoms with Gasteiger partial charge in [0.1, 0.15) is 22.3 Å². The Balaban J connectivity index is 0.877. The van der Waals surface area contributed by atoms with Gasteiger partial charge < -0.3 is 8.83 Å². The third-order valence-corrected chi connectivity index (χ3v) is 14.9. The Morgan fingerprint density at radius 2 is 0.529 bits per heavy atom. The number of hydrogen-bond donors (Lipinski definition) is 0. The van der Waals surface area contributed by atoms with Crippen LogP contribution in [0.2, 0.25) is 0 Å². The molecule has 0 spiro atoms. The summed E-state index contributed by atoms with van der Waals surface area (Å²) < 4.78 is 13.0. The van der Waals surface area contributed by atoms with Gasteiger partial charge in [0.05, 0.1) is 0 Å². The van der Waals surface area contributed by atoms with Crippen LogP contribution in [0.4, 0.5) is 0 Å². The van der Waals surface area contributed by atoms with Crippen molar-refractivity contribution in [1.29, 1.82) is 0 Å². The molecule has 15 aromatic rings. The van der Waals surface area contributed by atoms with Gasteiger partial charge in [-0.1, -0.05) is 200 Å². The maximum Gasteiger partial charge on any atom is 0.136 e. The molecule has 13 aromatic carbocycles. The molecule has 2 heterocycles. The molecule has 15 rings (SSSR count). The van der Waals surface area contributed by atoms with Crippen molar-refractivity contribution < 1.29 is 8.83 Å². The van der Waals surface area contributed by atoms with Crippen molar-refractivity contribution in [3.63, 3.8) is 0 Å². The van der Waals surface area contributed by atoms with Crippen molar-refractivity contribution in [2.45, 2.75) is 0 Å². The minimum absolute atomic E-state index is 0.879. The smallest absolute Gasteiger partial charge is 0.136 e. The van der Waals surface area contributed by atoms with Gasteiger partial charge in [0, 0.05) is 21.5 Å². The van der Waals surface area contributed by atoms with Gasteiger partial charge in [-0.3, -0.25) is 0 Å². The molecule has 0 saturated heterocycles. The van der Waals surface area contributed by atoms with Crippen LogP contribution in [0.5, 0.6) is 0 Å². The molecule has 0 atom stereocenters. The number of para-hydroxylation sites is 1. The number of furan rings is 2. The molecule has 324 valence electrons. The van der Waals surface area contributed by atoms with Crippen LogP contribution in [0.25, 0.3) is 153 Å². The molecule has 2 aromatic heterocycles. The monoisotopic (exact) mass is 888 g/mol. The van der Waals surface area contributed by atoms with Crippen molar-refractivity contribution in [3.8, 4) is 55.6 Å². The van der Waals surface area contributed by atoms with E-state index in [0.29, 0.717) is 0 Å². The highest BCUT2D eigenvalue weighted by atomic mass is 16.3. The van der Waals surface area contributed by atoms with Gasteiger partial charge in [-0.25, -0.2) is 0 Å². The minimum atomic E-state index is 0.879. The lowest BCUT2D eigenvalue weighted by atomic mass is 9.83. The average Bonchev–Trinajstić information content (AvgIpc) is 3.99. The number of benzene rings is 13. The molecule has 0 aliphatic carbocycles. The van der Waals surface area contributed by atoms with Crippen LogP contribution in [0, 0.1) is 0 Å². The van der Waals surface area contributed by atoms with E-state index in [1.807, 2.05) is 12.1 Å². The largest absolute Gasteiger partial charge is 0.456 e. The van der Waals surface area contributed by atoms with Crippen LogP contribution >= 0.6 is 0 Å². The van der Waals surface area contributed by atoms with E-state index in [1.165, 1.54) is 98.4 Å². The predicted molar refractivity (Wildman–Crippen MR) is 296 cm³/mol. The van der Waals surface area contributed by atoms with Crippen LogP contribution in [-0.2, 0) is 0 Å². The predicted octanol–water partition coefficient (Wildman–Crippen LogP) is 19.6. The normalized spacial score (nSPS) is 12.0. The number of hydrogen-bond acceptors (Lipinski definition) is 2. The van der Waals surface area contributed by atoms with E-state index in [2.05, 4.69) is 231 Å². The van der Waals surface area contributed by atoms with Crippen LogP contribution < -0.4 is 0 Å². The summed E-state index contributed by atoms with van der Waals surface area (Å²) in [6.07, 6.45) is 0. The lowest BCUT2D eigenvalue weighted by Gasteiger charge is -2.19. The lowest BCUT2D eigenvalue weighted by Crippen LogP contribution is -1.92. The average molecular weight is 889 g/mol. The molecule has 0 radical (unpaired) electrons. The van der Waals surface area contributed by atoms with Gasteiger partial charge in [0.2, 0.25) is 0 Å². The fourth-order valence-electron chi connectivity index (χ4n) is 11.8. The first-order valence-electron chi connectivity index (χ1n) is 24.1. The molecule has 0 aliphatic heterocycles. The zero-order valence-corrected chi connectivity index (χ0v) is 37.9. The van der Waals surface area contributed by atoms with Crippen LogP contribution in [0.15, 0.2) is 251 Å². The Labute approximate surface area is 402 Å².